The molecule has 160 valence electrons. The summed E-state index contributed by atoms with van der Waals surface area (Å²) in [5.74, 6) is 1.21. The Kier molecular flexibility index (Phi) is 7.71. The molecular weight excluding hydrogens is 354 g/mol. The van der Waals surface area contributed by atoms with Gasteiger partial charge in [-0.1, -0.05) is 0 Å². The second-order valence-corrected chi connectivity index (χ2v) is 9.39. The minimum atomic E-state index is -0.581. The Balaban J connectivity index is 1.44. The third-order valence-electron chi connectivity index (χ3n) is 7.04. The number of nitrogens with one attached hydrogen (secondary N) is 3. The maximum Gasteiger partial charge on any atom is 0.228 e. The van der Waals surface area contributed by atoms with Gasteiger partial charge in [-0.15, -0.1) is 0 Å². The third kappa shape index (κ3) is 5.91. The molecule has 3 aliphatic heterocycles. The van der Waals surface area contributed by atoms with Crippen LogP contribution in [0.3, 0.4) is 0 Å². The van der Waals surface area contributed by atoms with E-state index in [1.165, 1.54) is 0 Å². The number of carbonyl (C=O) groups excluding carboxylic acids is 2. The molecule has 0 spiro atoms. The van der Waals surface area contributed by atoms with Crippen LogP contribution in [0.4, 0.5) is 0 Å². The summed E-state index contributed by atoms with van der Waals surface area (Å²) in [4.78, 5) is 30.3. The lowest BCUT2D eigenvalue weighted by atomic mass is 9.81. The summed E-state index contributed by atoms with van der Waals surface area (Å²) < 4.78 is 0. The van der Waals surface area contributed by atoms with E-state index >= 15 is 0 Å². The molecule has 28 heavy (non-hydrogen) atoms. The molecule has 3 fully saturated rings. The van der Waals surface area contributed by atoms with Crippen molar-refractivity contribution in [3.8, 4) is 0 Å². The predicted molar refractivity (Wildman–Crippen MR) is 111 cm³/mol. The Bertz CT molecular complexity index is 519. The summed E-state index contributed by atoms with van der Waals surface area (Å²) in [6.07, 6.45) is 5.60. The molecule has 1 unspecified atom stereocenters. The zero-order valence-electron chi connectivity index (χ0n) is 17.8. The van der Waals surface area contributed by atoms with Crippen molar-refractivity contribution in [3.63, 3.8) is 0 Å². The maximum absolute atomic E-state index is 13.0. The zero-order valence-corrected chi connectivity index (χ0v) is 17.8. The van der Waals surface area contributed by atoms with Gasteiger partial charge in [-0.05, 0) is 90.8 Å². The largest absolute Gasteiger partial charge is 0.356 e. The van der Waals surface area contributed by atoms with Crippen molar-refractivity contribution in [1.29, 1.82) is 0 Å². The van der Waals surface area contributed by atoms with Gasteiger partial charge < -0.3 is 25.8 Å². The zero-order chi connectivity index (χ0) is 20.0. The van der Waals surface area contributed by atoms with Gasteiger partial charge >= 0.3 is 0 Å². The van der Waals surface area contributed by atoms with Crippen LogP contribution >= 0.6 is 0 Å². The van der Waals surface area contributed by atoms with Gasteiger partial charge in [-0.2, -0.15) is 0 Å². The normalized spacial score (nSPS) is 28.4. The SMILES string of the molecule is CN1CCC(CNC(=O)CC2(C(=O)NCC3CCN(C)CC3)CCNC2)CC1. The van der Waals surface area contributed by atoms with Crippen LogP contribution in [0.1, 0.15) is 38.5 Å². The van der Waals surface area contributed by atoms with E-state index in [2.05, 4.69) is 39.8 Å². The molecule has 0 radical (unpaired) electrons. The molecule has 1 atom stereocenters. The first-order valence-corrected chi connectivity index (χ1v) is 11.1. The molecule has 3 saturated heterocycles. The standard InChI is InChI=1S/C21H39N5O2/c1-25-9-3-17(4-10-25)14-23-19(27)13-21(7-8-22-16-21)20(28)24-15-18-5-11-26(2)12-6-18/h17-18,22H,3-16H2,1-2H3,(H,23,27)(H,24,28). The van der Waals surface area contributed by atoms with Gasteiger partial charge in [0.2, 0.25) is 11.8 Å². The van der Waals surface area contributed by atoms with Crippen molar-refractivity contribution in [1.82, 2.24) is 25.8 Å². The number of carbonyl (C=O) groups is 2. The molecule has 0 aromatic carbocycles. The lowest BCUT2D eigenvalue weighted by Crippen LogP contribution is -2.48. The molecule has 0 aromatic heterocycles. The van der Waals surface area contributed by atoms with Gasteiger partial charge in [0.25, 0.3) is 0 Å². The summed E-state index contributed by atoms with van der Waals surface area (Å²) in [7, 11) is 4.30. The highest BCUT2D eigenvalue weighted by molar-refractivity contribution is 5.89. The third-order valence-corrected chi connectivity index (χ3v) is 7.04. The minimum Gasteiger partial charge on any atom is -0.356 e. The molecule has 0 aromatic rings. The molecule has 3 aliphatic rings. The van der Waals surface area contributed by atoms with Crippen LogP contribution in [0, 0.1) is 17.3 Å². The van der Waals surface area contributed by atoms with Crippen molar-refractivity contribution >= 4 is 11.8 Å². The van der Waals surface area contributed by atoms with Gasteiger partial charge in [0.15, 0.2) is 0 Å². The summed E-state index contributed by atoms with van der Waals surface area (Å²) in [6, 6.07) is 0. The first kappa shape index (κ1) is 21.5. The first-order chi connectivity index (χ1) is 13.5. The average Bonchev–Trinajstić information content (AvgIpc) is 3.16. The number of amides is 2. The van der Waals surface area contributed by atoms with E-state index in [1.54, 1.807) is 0 Å². The van der Waals surface area contributed by atoms with Crippen molar-refractivity contribution < 1.29 is 9.59 Å². The highest BCUT2D eigenvalue weighted by Crippen LogP contribution is 2.30. The first-order valence-electron chi connectivity index (χ1n) is 11.1. The van der Waals surface area contributed by atoms with Crippen LogP contribution in [0.15, 0.2) is 0 Å². The van der Waals surface area contributed by atoms with Crippen LogP contribution in [0.2, 0.25) is 0 Å². The second-order valence-electron chi connectivity index (χ2n) is 9.39. The van der Waals surface area contributed by atoms with Crippen LogP contribution in [-0.2, 0) is 9.59 Å². The minimum absolute atomic E-state index is 0.0251. The predicted octanol–water partition coefficient (Wildman–Crippen LogP) is 0.272. The van der Waals surface area contributed by atoms with E-state index in [9.17, 15) is 9.59 Å². The smallest absolute Gasteiger partial charge is 0.228 e. The molecular formula is C21H39N5O2. The molecule has 0 saturated carbocycles. The summed E-state index contributed by atoms with van der Waals surface area (Å²) in [5.41, 5.74) is -0.581. The van der Waals surface area contributed by atoms with Gasteiger partial charge in [0.05, 0.1) is 5.41 Å². The Hall–Kier alpha value is -1.18. The fourth-order valence-electron chi connectivity index (χ4n) is 4.75. The Morgan fingerprint density at radius 2 is 1.46 bits per heavy atom. The number of hydrogen-bond donors (Lipinski definition) is 3. The quantitative estimate of drug-likeness (QED) is 0.579. The molecule has 3 N–H and O–H groups in total. The van der Waals surface area contributed by atoms with Crippen LogP contribution in [-0.4, -0.2) is 88.1 Å². The summed E-state index contributed by atoms with van der Waals surface area (Å²) >= 11 is 0. The lowest BCUT2D eigenvalue weighted by molar-refractivity contribution is -0.135. The van der Waals surface area contributed by atoms with E-state index in [0.717, 1.165) is 77.9 Å². The van der Waals surface area contributed by atoms with E-state index in [4.69, 9.17) is 0 Å². The number of nitrogens with zero attached hydrogens (tertiary/aromatic N) is 2. The van der Waals surface area contributed by atoms with Crippen LogP contribution < -0.4 is 16.0 Å². The summed E-state index contributed by atoms with van der Waals surface area (Å²) in [6.45, 7) is 7.32. The Morgan fingerprint density at radius 3 is 1.96 bits per heavy atom. The van der Waals surface area contributed by atoms with E-state index in [-0.39, 0.29) is 11.8 Å². The van der Waals surface area contributed by atoms with E-state index in [0.29, 0.717) is 24.8 Å². The highest BCUT2D eigenvalue weighted by Gasteiger charge is 2.43. The molecule has 0 aliphatic carbocycles. The van der Waals surface area contributed by atoms with Crippen molar-refractivity contribution in [2.24, 2.45) is 17.3 Å². The number of rotatable bonds is 7. The lowest BCUT2D eigenvalue weighted by Gasteiger charge is -2.32. The number of hydrogen-bond acceptors (Lipinski definition) is 5. The Morgan fingerprint density at radius 1 is 0.929 bits per heavy atom. The Labute approximate surface area is 170 Å². The van der Waals surface area contributed by atoms with Gasteiger partial charge in [0, 0.05) is 26.1 Å². The number of piperidine rings is 2. The average molecular weight is 394 g/mol. The van der Waals surface area contributed by atoms with Crippen molar-refractivity contribution in [2.75, 3.05) is 66.5 Å². The highest BCUT2D eigenvalue weighted by atomic mass is 16.2. The van der Waals surface area contributed by atoms with Crippen molar-refractivity contribution in [3.05, 3.63) is 0 Å². The van der Waals surface area contributed by atoms with E-state index in [1.807, 2.05) is 0 Å². The fraction of sp³-hybridized carbons (Fsp3) is 0.905. The molecule has 3 rings (SSSR count). The molecule has 7 heteroatoms. The van der Waals surface area contributed by atoms with Gasteiger partial charge in [0.1, 0.15) is 0 Å². The molecule has 7 nitrogen and oxygen atoms in total. The molecule has 3 heterocycles. The van der Waals surface area contributed by atoms with Gasteiger partial charge in [-0.25, -0.2) is 0 Å². The van der Waals surface area contributed by atoms with E-state index < -0.39 is 5.41 Å². The molecule has 2 amide bonds. The fourth-order valence-corrected chi connectivity index (χ4v) is 4.75. The van der Waals surface area contributed by atoms with Crippen LogP contribution in [0.5, 0.6) is 0 Å². The van der Waals surface area contributed by atoms with Crippen LogP contribution in [0.25, 0.3) is 0 Å². The van der Waals surface area contributed by atoms with Crippen molar-refractivity contribution in [2.45, 2.75) is 38.5 Å². The number of likely N-dealkylation sites (tertiary alicyclic amines) is 2. The summed E-state index contributed by atoms with van der Waals surface area (Å²) in [5, 5.41) is 9.60. The monoisotopic (exact) mass is 393 g/mol. The second kappa shape index (κ2) is 10.0. The molecule has 0 bridgehead atoms. The maximum atomic E-state index is 13.0. The topological polar surface area (TPSA) is 76.7 Å². The van der Waals surface area contributed by atoms with Gasteiger partial charge in [-0.3, -0.25) is 9.59 Å².